The van der Waals surface area contributed by atoms with Crippen molar-refractivity contribution in [3.8, 4) is 11.5 Å². The fraction of sp³-hybridized carbons (Fsp3) is 0.400. The number of benzene rings is 1. The molecule has 108 valence electrons. The third kappa shape index (κ3) is 5.25. The highest BCUT2D eigenvalue weighted by atomic mass is 19.4. The number of alkyl halides is 6. The Kier molecular flexibility index (Phi) is 4.18. The van der Waals surface area contributed by atoms with Crippen molar-refractivity contribution < 1.29 is 35.8 Å². The average Bonchev–Trinajstić information content (AvgIpc) is 2.11. The van der Waals surface area contributed by atoms with Gasteiger partial charge in [0.25, 0.3) is 0 Å². The number of hydrogen-bond donors (Lipinski definition) is 1. The summed E-state index contributed by atoms with van der Waals surface area (Å²) in [5.74, 6) is -1.65. The molecular weight excluding hydrogens is 280 g/mol. The van der Waals surface area contributed by atoms with E-state index in [0.717, 1.165) is 12.1 Å². The molecule has 0 aromatic heterocycles. The highest BCUT2D eigenvalue weighted by Gasteiger charge is 2.34. The Labute approximate surface area is 103 Å². The molecule has 0 aliphatic rings. The molecule has 0 radical (unpaired) electrons. The van der Waals surface area contributed by atoms with Gasteiger partial charge in [-0.25, -0.2) is 0 Å². The maximum absolute atomic E-state index is 12.1. The first-order chi connectivity index (χ1) is 8.48. The zero-order valence-corrected chi connectivity index (χ0v) is 9.47. The van der Waals surface area contributed by atoms with Crippen LogP contribution in [0.4, 0.5) is 26.3 Å². The highest BCUT2D eigenvalue weighted by Crippen LogP contribution is 2.34. The fourth-order valence-corrected chi connectivity index (χ4v) is 1.30. The van der Waals surface area contributed by atoms with Gasteiger partial charge in [-0.2, -0.15) is 0 Å². The second-order valence-corrected chi connectivity index (χ2v) is 3.58. The molecule has 9 heteroatoms. The molecule has 0 spiro atoms. The second-order valence-electron chi connectivity index (χ2n) is 3.58. The molecule has 1 unspecified atom stereocenters. The molecule has 0 saturated carbocycles. The molecule has 0 aliphatic heterocycles. The van der Waals surface area contributed by atoms with Crippen molar-refractivity contribution in [3.63, 3.8) is 0 Å². The van der Waals surface area contributed by atoms with Crippen LogP contribution in [0.5, 0.6) is 11.5 Å². The van der Waals surface area contributed by atoms with Gasteiger partial charge < -0.3 is 15.2 Å². The van der Waals surface area contributed by atoms with E-state index in [1.165, 1.54) is 6.92 Å². The predicted octanol–water partition coefficient (Wildman–Crippen LogP) is 3.50. The molecule has 1 aromatic carbocycles. The number of ether oxygens (including phenoxy) is 2. The van der Waals surface area contributed by atoms with Crippen LogP contribution in [0.2, 0.25) is 0 Å². The van der Waals surface area contributed by atoms with Crippen molar-refractivity contribution in [2.45, 2.75) is 25.7 Å². The first-order valence-electron chi connectivity index (χ1n) is 4.89. The van der Waals surface area contributed by atoms with Crippen molar-refractivity contribution in [2.24, 2.45) is 5.73 Å². The second kappa shape index (κ2) is 5.16. The summed E-state index contributed by atoms with van der Waals surface area (Å²) in [7, 11) is 0. The van der Waals surface area contributed by atoms with Gasteiger partial charge in [0.1, 0.15) is 11.5 Å². The normalized spacial score (nSPS) is 14.1. The smallest absolute Gasteiger partial charge is 0.406 e. The average molecular weight is 289 g/mol. The Morgan fingerprint density at radius 1 is 1.00 bits per heavy atom. The number of nitrogens with two attached hydrogens (primary N) is 1. The highest BCUT2D eigenvalue weighted by molar-refractivity contribution is 5.42. The van der Waals surface area contributed by atoms with Crippen LogP contribution in [0.25, 0.3) is 0 Å². The van der Waals surface area contributed by atoms with Crippen molar-refractivity contribution in [1.82, 2.24) is 0 Å². The van der Waals surface area contributed by atoms with Gasteiger partial charge in [0.2, 0.25) is 0 Å². The van der Waals surface area contributed by atoms with E-state index >= 15 is 0 Å². The standard InChI is InChI=1S/C10H9F6NO2/c1-5(17)7-3-2-6(18-9(11,12)13)4-8(7)19-10(14,15)16/h2-5H,17H2,1H3. The lowest BCUT2D eigenvalue weighted by molar-refractivity contribution is -0.276. The number of rotatable bonds is 3. The van der Waals surface area contributed by atoms with Crippen LogP contribution < -0.4 is 15.2 Å². The van der Waals surface area contributed by atoms with Crippen molar-refractivity contribution in [2.75, 3.05) is 0 Å². The first-order valence-corrected chi connectivity index (χ1v) is 4.89. The Morgan fingerprint density at radius 3 is 1.95 bits per heavy atom. The predicted molar refractivity (Wildman–Crippen MR) is 52.4 cm³/mol. The topological polar surface area (TPSA) is 44.5 Å². The van der Waals surface area contributed by atoms with Gasteiger partial charge in [-0.15, -0.1) is 26.3 Å². The summed E-state index contributed by atoms with van der Waals surface area (Å²) in [5, 5.41) is 0. The molecule has 0 saturated heterocycles. The lowest BCUT2D eigenvalue weighted by Gasteiger charge is -2.17. The molecule has 0 bridgehead atoms. The molecule has 1 atom stereocenters. The van der Waals surface area contributed by atoms with E-state index in [-0.39, 0.29) is 5.56 Å². The van der Waals surface area contributed by atoms with E-state index in [1.807, 2.05) is 0 Å². The zero-order valence-electron chi connectivity index (χ0n) is 9.47. The van der Waals surface area contributed by atoms with Crippen molar-refractivity contribution in [3.05, 3.63) is 23.8 Å². The minimum atomic E-state index is -5.04. The summed E-state index contributed by atoms with van der Waals surface area (Å²) in [5.41, 5.74) is 5.31. The lowest BCUT2D eigenvalue weighted by atomic mass is 10.1. The molecule has 2 N–H and O–H groups in total. The molecule has 0 heterocycles. The van der Waals surface area contributed by atoms with E-state index in [2.05, 4.69) is 9.47 Å². The van der Waals surface area contributed by atoms with Gasteiger partial charge >= 0.3 is 12.7 Å². The summed E-state index contributed by atoms with van der Waals surface area (Å²) < 4.78 is 79.4. The molecular formula is C10H9F6NO2. The third-order valence-corrected chi connectivity index (χ3v) is 1.93. The Bertz CT molecular complexity index is 441. The molecule has 0 fully saturated rings. The monoisotopic (exact) mass is 289 g/mol. The van der Waals surface area contributed by atoms with E-state index < -0.39 is 30.3 Å². The quantitative estimate of drug-likeness (QED) is 0.866. The van der Waals surface area contributed by atoms with Crippen LogP contribution in [0.15, 0.2) is 18.2 Å². The maximum atomic E-state index is 12.1. The van der Waals surface area contributed by atoms with Crippen LogP contribution in [-0.2, 0) is 0 Å². The molecule has 0 amide bonds. The summed E-state index contributed by atoms with van der Waals surface area (Å²) in [6, 6.07) is 1.47. The summed E-state index contributed by atoms with van der Waals surface area (Å²) in [4.78, 5) is 0. The SMILES string of the molecule is CC(N)c1ccc(OC(F)(F)F)cc1OC(F)(F)F. The Balaban J connectivity index is 3.11. The van der Waals surface area contributed by atoms with E-state index in [4.69, 9.17) is 5.73 Å². The van der Waals surface area contributed by atoms with Gasteiger partial charge in [0, 0.05) is 17.7 Å². The summed E-state index contributed by atoms with van der Waals surface area (Å²) in [6.07, 6.45) is -10.0. The number of hydrogen-bond acceptors (Lipinski definition) is 3. The minimum Gasteiger partial charge on any atom is -0.406 e. The molecule has 1 aromatic rings. The van der Waals surface area contributed by atoms with Gasteiger partial charge in [0.15, 0.2) is 0 Å². The first kappa shape index (κ1) is 15.4. The summed E-state index contributed by atoms with van der Waals surface area (Å²) in [6.45, 7) is 1.36. The number of halogens is 6. The van der Waals surface area contributed by atoms with E-state index in [9.17, 15) is 26.3 Å². The molecule has 3 nitrogen and oxygen atoms in total. The van der Waals surface area contributed by atoms with Crippen LogP contribution >= 0.6 is 0 Å². The van der Waals surface area contributed by atoms with Crippen LogP contribution in [0, 0.1) is 0 Å². The van der Waals surface area contributed by atoms with Crippen molar-refractivity contribution in [1.29, 1.82) is 0 Å². The minimum absolute atomic E-state index is 0.0909. The third-order valence-electron chi connectivity index (χ3n) is 1.93. The van der Waals surface area contributed by atoms with E-state index in [1.54, 1.807) is 0 Å². The molecule has 0 aliphatic carbocycles. The Hall–Kier alpha value is -1.64. The van der Waals surface area contributed by atoms with Gasteiger partial charge in [-0.3, -0.25) is 0 Å². The largest absolute Gasteiger partial charge is 0.573 e. The molecule has 19 heavy (non-hydrogen) atoms. The zero-order chi connectivity index (χ0) is 14.8. The van der Waals surface area contributed by atoms with Crippen LogP contribution in [-0.4, -0.2) is 12.7 Å². The van der Waals surface area contributed by atoms with Gasteiger partial charge in [-0.05, 0) is 13.0 Å². The van der Waals surface area contributed by atoms with E-state index in [0.29, 0.717) is 6.07 Å². The van der Waals surface area contributed by atoms with Gasteiger partial charge in [0.05, 0.1) is 0 Å². The van der Waals surface area contributed by atoms with Crippen molar-refractivity contribution >= 4 is 0 Å². The fourth-order valence-electron chi connectivity index (χ4n) is 1.30. The van der Waals surface area contributed by atoms with Gasteiger partial charge in [-0.1, -0.05) is 6.07 Å². The summed E-state index contributed by atoms with van der Waals surface area (Å²) >= 11 is 0. The van der Waals surface area contributed by atoms with Crippen LogP contribution in [0.3, 0.4) is 0 Å². The Morgan fingerprint density at radius 2 is 1.53 bits per heavy atom. The molecule has 1 rings (SSSR count). The maximum Gasteiger partial charge on any atom is 0.573 e. The van der Waals surface area contributed by atoms with Crippen LogP contribution in [0.1, 0.15) is 18.5 Å². The lowest BCUT2D eigenvalue weighted by Crippen LogP contribution is -2.21.